The third-order valence-corrected chi connectivity index (χ3v) is 3.02. The Labute approximate surface area is 65.1 Å². The predicted octanol–water partition coefficient (Wildman–Crippen LogP) is 1.70. The van der Waals surface area contributed by atoms with Gasteiger partial charge in [0.2, 0.25) is 0 Å². The standard InChI is InChI=1S/C8H11NS/c1-6-4-7-5-9-3-2-8(7)10-6/h4,9H,2-3,5H2,1H3. The van der Waals surface area contributed by atoms with Gasteiger partial charge in [0.15, 0.2) is 0 Å². The second-order valence-electron chi connectivity index (χ2n) is 2.73. The summed E-state index contributed by atoms with van der Waals surface area (Å²) in [6.45, 7) is 4.43. The van der Waals surface area contributed by atoms with E-state index in [0.717, 1.165) is 13.1 Å². The van der Waals surface area contributed by atoms with Crippen molar-refractivity contribution >= 4 is 11.3 Å². The molecular formula is C8H11NS. The highest BCUT2D eigenvalue weighted by atomic mass is 32.1. The first-order chi connectivity index (χ1) is 4.86. The third-order valence-electron chi connectivity index (χ3n) is 1.86. The molecule has 1 aliphatic heterocycles. The molecule has 0 aromatic carbocycles. The second kappa shape index (κ2) is 2.36. The number of rotatable bonds is 0. The average Bonchev–Trinajstić information content (AvgIpc) is 2.27. The molecule has 0 aliphatic carbocycles. The van der Waals surface area contributed by atoms with Crippen molar-refractivity contribution in [1.29, 1.82) is 0 Å². The van der Waals surface area contributed by atoms with Gasteiger partial charge in [0, 0.05) is 22.8 Å². The summed E-state index contributed by atoms with van der Waals surface area (Å²) < 4.78 is 0. The summed E-state index contributed by atoms with van der Waals surface area (Å²) in [7, 11) is 0. The summed E-state index contributed by atoms with van der Waals surface area (Å²) in [6.07, 6.45) is 1.23. The van der Waals surface area contributed by atoms with Gasteiger partial charge >= 0.3 is 0 Å². The second-order valence-corrected chi connectivity index (χ2v) is 4.07. The van der Waals surface area contributed by atoms with Crippen molar-refractivity contribution in [3.63, 3.8) is 0 Å². The van der Waals surface area contributed by atoms with Crippen molar-refractivity contribution in [2.24, 2.45) is 0 Å². The van der Waals surface area contributed by atoms with Crippen molar-refractivity contribution in [2.75, 3.05) is 6.54 Å². The van der Waals surface area contributed by atoms with Crippen LogP contribution >= 0.6 is 11.3 Å². The van der Waals surface area contributed by atoms with Crippen LogP contribution in [0, 0.1) is 6.92 Å². The van der Waals surface area contributed by atoms with Crippen LogP contribution in [0.4, 0.5) is 0 Å². The van der Waals surface area contributed by atoms with E-state index in [9.17, 15) is 0 Å². The summed E-state index contributed by atoms with van der Waals surface area (Å²) in [4.78, 5) is 3.05. The molecule has 2 heterocycles. The van der Waals surface area contributed by atoms with Gasteiger partial charge in [0.05, 0.1) is 0 Å². The van der Waals surface area contributed by atoms with E-state index in [1.807, 2.05) is 11.3 Å². The molecule has 1 aromatic rings. The normalized spacial score (nSPS) is 16.9. The van der Waals surface area contributed by atoms with Crippen molar-refractivity contribution < 1.29 is 0 Å². The molecule has 0 saturated carbocycles. The van der Waals surface area contributed by atoms with E-state index in [-0.39, 0.29) is 0 Å². The molecule has 1 nitrogen and oxygen atoms in total. The molecule has 0 unspecified atom stereocenters. The van der Waals surface area contributed by atoms with E-state index < -0.39 is 0 Å². The van der Waals surface area contributed by atoms with Crippen LogP contribution in [0.1, 0.15) is 15.3 Å². The van der Waals surface area contributed by atoms with Crippen molar-refractivity contribution in [3.05, 3.63) is 21.4 Å². The minimum atomic E-state index is 1.08. The summed E-state index contributed by atoms with van der Waals surface area (Å²) >= 11 is 1.95. The van der Waals surface area contributed by atoms with Crippen LogP contribution < -0.4 is 5.32 Å². The first-order valence-corrected chi connectivity index (χ1v) is 4.47. The number of fused-ring (bicyclic) bond motifs is 1. The third kappa shape index (κ3) is 0.976. The molecule has 0 saturated heterocycles. The van der Waals surface area contributed by atoms with E-state index in [2.05, 4.69) is 18.3 Å². The highest BCUT2D eigenvalue weighted by Gasteiger charge is 2.09. The lowest BCUT2D eigenvalue weighted by Gasteiger charge is -2.10. The molecule has 1 aliphatic rings. The Morgan fingerprint density at radius 2 is 2.50 bits per heavy atom. The van der Waals surface area contributed by atoms with E-state index in [1.54, 1.807) is 4.88 Å². The fraction of sp³-hybridized carbons (Fsp3) is 0.500. The van der Waals surface area contributed by atoms with Gasteiger partial charge in [0.1, 0.15) is 0 Å². The zero-order chi connectivity index (χ0) is 6.97. The molecule has 0 amide bonds. The van der Waals surface area contributed by atoms with Gasteiger partial charge in [-0.1, -0.05) is 0 Å². The van der Waals surface area contributed by atoms with Crippen LogP contribution in [0.5, 0.6) is 0 Å². The smallest absolute Gasteiger partial charge is 0.0216 e. The molecule has 0 fully saturated rings. The lowest BCUT2D eigenvalue weighted by molar-refractivity contribution is 0.653. The van der Waals surface area contributed by atoms with Crippen LogP contribution in [-0.2, 0) is 13.0 Å². The fourth-order valence-electron chi connectivity index (χ4n) is 1.40. The molecule has 54 valence electrons. The van der Waals surface area contributed by atoms with Crippen molar-refractivity contribution in [2.45, 2.75) is 19.9 Å². The summed E-state index contributed by atoms with van der Waals surface area (Å²) in [6, 6.07) is 2.30. The Kier molecular flexibility index (Phi) is 1.51. The van der Waals surface area contributed by atoms with Gasteiger partial charge in [-0.05, 0) is 25.0 Å². The SMILES string of the molecule is Cc1cc2c(s1)CCNC2. The highest BCUT2D eigenvalue weighted by molar-refractivity contribution is 7.12. The Morgan fingerprint density at radius 3 is 3.30 bits per heavy atom. The molecule has 2 rings (SSSR count). The van der Waals surface area contributed by atoms with Gasteiger partial charge in [0.25, 0.3) is 0 Å². The highest BCUT2D eigenvalue weighted by Crippen LogP contribution is 2.23. The van der Waals surface area contributed by atoms with Gasteiger partial charge in [-0.15, -0.1) is 11.3 Å². The molecule has 0 atom stereocenters. The number of nitrogens with one attached hydrogen (secondary N) is 1. The molecule has 0 spiro atoms. The zero-order valence-electron chi connectivity index (χ0n) is 6.11. The lowest BCUT2D eigenvalue weighted by atomic mass is 10.1. The molecule has 10 heavy (non-hydrogen) atoms. The minimum Gasteiger partial charge on any atom is -0.312 e. The summed E-state index contributed by atoms with van der Waals surface area (Å²) in [5.74, 6) is 0. The molecular weight excluding hydrogens is 142 g/mol. The zero-order valence-corrected chi connectivity index (χ0v) is 6.92. The van der Waals surface area contributed by atoms with Crippen LogP contribution in [0.3, 0.4) is 0 Å². The number of hydrogen-bond donors (Lipinski definition) is 1. The lowest BCUT2D eigenvalue weighted by Crippen LogP contribution is -2.21. The van der Waals surface area contributed by atoms with Crippen LogP contribution in [0.2, 0.25) is 0 Å². The Hall–Kier alpha value is -0.340. The fourth-order valence-corrected chi connectivity index (χ4v) is 2.46. The topological polar surface area (TPSA) is 12.0 Å². The maximum absolute atomic E-state index is 3.36. The number of hydrogen-bond acceptors (Lipinski definition) is 2. The van der Waals surface area contributed by atoms with Gasteiger partial charge in [-0.3, -0.25) is 0 Å². The largest absolute Gasteiger partial charge is 0.312 e. The Morgan fingerprint density at radius 1 is 1.60 bits per heavy atom. The summed E-state index contributed by atoms with van der Waals surface area (Å²) in [5.41, 5.74) is 1.52. The molecule has 0 bridgehead atoms. The first-order valence-electron chi connectivity index (χ1n) is 3.65. The maximum Gasteiger partial charge on any atom is 0.0216 e. The van der Waals surface area contributed by atoms with E-state index in [0.29, 0.717) is 0 Å². The number of aryl methyl sites for hydroxylation is 1. The monoisotopic (exact) mass is 153 g/mol. The van der Waals surface area contributed by atoms with Gasteiger partial charge in [-0.2, -0.15) is 0 Å². The van der Waals surface area contributed by atoms with E-state index in [1.165, 1.54) is 16.9 Å². The van der Waals surface area contributed by atoms with Crippen LogP contribution in [0.25, 0.3) is 0 Å². The molecule has 2 heteroatoms. The Bertz CT molecular complexity index is 216. The van der Waals surface area contributed by atoms with Crippen LogP contribution in [-0.4, -0.2) is 6.54 Å². The number of thiophene rings is 1. The average molecular weight is 153 g/mol. The van der Waals surface area contributed by atoms with E-state index in [4.69, 9.17) is 0 Å². The minimum absolute atomic E-state index is 1.08. The molecule has 1 aromatic heterocycles. The van der Waals surface area contributed by atoms with Gasteiger partial charge in [-0.25, -0.2) is 0 Å². The molecule has 1 N–H and O–H groups in total. The molecule has 0 radical (unpaired) electrons. The predicted molar refractivity (Wildman–Crippen MR) is 44.5 cm³/mol. The van der Waals surface area contributed by atoms with Crippen molar-refractivity contribution in [1.82, 2.24) is 5.32 Å². The van der Waals surface area contributed by atoms with Gasteiger partial charge < -0.3 is 5.32 Å². The Balaban J connectivity index is 2.41. The maximum atomic E-state index is 3.36. The van der Waals surface area contributed by atoms with E-state index >= 15 is 0 Å². The van der Waals surface area contributed by atoms with Crippen molar-refractivity contribution in [3.8, 4) is 0 Å². The quantitative estimate of drug-likeness (QED) is 0.598. The summed E-state index contributed by atoms with van der Waals surface area (Å²) in [5, 5.41) is 3.36. The van der Waals surface area contributed by atoms with Crippen LogP contribution in [0.15, 0.2) is 6.07 Å². The first kappa shape index (κ1) is 6.38.